The van der Waals surface area contributed by atoms with Crippen molar-refractivity contribution in [3.8, 4) is 0 Å². The maximum atomic E-state index is 12.2. The predicted molar refractivity (Wildman–Crippen MR) is 93.2 cm³/mol. The van der Waals surface area contributed by atoms with Crippen molar-refractivity contribution in [3.63, 3.8) is 0 Å². The van der Waals surface area contributed by atoms with Gasteiger partial charge in [0.15, 0.2) is 5.16 Å². The Morgan fingerprint density at radius 1 is 1.23 bits per heavy atom. The third kappa shape index (κ3) is 4.10. The summed E-state index contributed by atoms with van der Waals surface area (Å²) in [6.07, 6.45) is 0. The Hall–Kier alpha value is -1.34. The average molecular weight is 339 g/mol. The highest BCUT2D eigenvalue weighted by Gasteiger charge is 2.16. The molecule has 0 unspecified atom stereocenters. The van der Waals surface area contributed by atoms with Gasteiger partial charge in [0.05, 0.1) is 10.8 Å². The standard InChI is InChI=1S/C15H22N4OS2/c1-12(2)19-14(18(3)4)16-17-15(19)21-10-11-22(20)13-8-6-5-7-9-13/h5-9,12H,10-11H2,1-4H3/t22-/m0/s1. The van der Waals surface area contributed by atoms with Gasteiger partial charge in [0, 0.05) is 36.5 Å². The first-order valence-electron chi connectivity index (χ1n) is 7.19. The molecule has 5 nitrogen and oxygen atoms in total. The van der Waals surface area contributed by atoms with Gasteiger partial charge in [0.25, 0.3) is 0 Å². The highest BCUT2D eigenvalue weighted by Crippen LogP contribution is 2.25. The molecule has 0 radical (unpaired) electrons. The predicted octanol–water partition coefficient (Wildman–Crippen LogP) is 2.82. The second kappa shape index (κ2) is 7.78. The van der Waals surface area contributed by atoms with Crippen LogP contribution in [0.25, 0.3) is 0 Å². The van der Waals surface area contributed by atoms with E-state index in [1.165, 1.54) is 0 Å². The van der Waals surface area contributed by atoms with E-state index in [0.717, 1.165) is 21.8 Å². The molecule has 0 aliphatic heterocycles. The summed E-state index contributed by atoms with van der Waals surface area (Å²) in [6.45, 7) is 4.23. The minimum absolute atomic E-state index is 0.287. The molecule has 0 saturated carbocycles. The third-order valence-corrected chi connectivity index (χ3v) is 5.65. The van der Waals surface area contributed by atoms with E-state index in [2.05, 4.69) is 28.6 Å². The highest BCUT2D eigenvalue weighted by atomic mass is 32.2. The zero-order chi connectivity index (χ0) is 16.1. The molecular weight excluding hydrogens is 316 g/mol. The Morgan fingerprint density at radius 3 is 2.50 bits per heavy atom. The van der Waals surface area contributed by atoms with Gasteiger partial charge in [0.1, 0.15) is 0 Å². The van der Waals surface area contributed by atoms with Crippen LogP contribution >= 0.6 is 11.8 Å². The summed E-state index contributed by atoms with van der Waals surface area (Å²) in [5.41, 5.74) is 0. The molecule has 0 amide bonds. The van der Waals surface area contributed by atoms with Gasteiger partial charge in [-0.05, 0) is 26.0 Å². The third-order valence-electron chi connectivity index (χ3n) is 3.07. The second-order valence-electron chi connectivity index (χ2n) is 5.35. The van der Waals surface area contributed by atoms with E-state index in [0.29, 0.717) is 5.75 Å². The van der Waals surface area contributed by atoms with Crippen molar-refractivity contribution in [1.29, 1.82) is 0 Å². The lowest BCUT2D eigenvalue weighted by atomic mass is 10.4. The molecule has 120 valence electrons. The molecule has 0 aliphatic rings. The van der Waals surface area contributed by atoms with Crippen LogP contribution in [-0.4, -0.2) is 44.6 Å². The van der Waals surface area contributed by atoms with Gasteiger partial charge in [-0.15, -0.1) is 10.2 Å². The first-order valence-corrected chi connectivity index (χ1v) is 9.49. The van der Waals surface area contributed by atoms with Gasteiger partial charge < -0.3 is 4.90 Å². The van der Waals surface area contributed by atoms with Crippen LogP contribution in [0.3, 0.4) is 0 Å². The molecule has 0 aliphatic carbocycles. The van der Waals surface area contributed by atoms with Crippen molar-refractivity contribution in [1.82, 2.24) is 14.8 Å². The number of anilines is 1. The van der Waals surface area contributed by atoms with E-state index in [-0.39, 0.29) is 6.04 Å². The van der Waals surface area contributed by atoms with Crippen molar-refractivity contribution in [3.05, 3.63) is 30.3 Å². The van der Waals surface area contributed by atoms with Crippen molar-refractivity contribution >= 4 is 28.5 Å². The summed E-state index contributed by atoms with van der Waals surface area (Å²) >= 11 is 1.61. The first-order chi connectivity index (χ1) is 10.5. The first kappa shape index (κ1) is 17.0. The van der Waals surface area contributed by atoms with Crippen LogP contribution in [0.15, 0.2) is 40.4 Å². The molecule has 1 heterocycles. The van der Waals surface area contributed by atoms with E-state index < -0.39 is 10.8 Å². The Balaban J connectivity index is 1.99. The lowest BCUT2D eigenvalue weighted by Gasteiger charge is -2.17. The molecule has 1 aromatic heterocycles. The largest absolute Gasteiger partial charge is 0.347 e. The minimum Gasteiger partial charge on any atom is -0.347 e. The van der Waals surface area contributed by atoms with Crippen molar-refractivity contribution in [2.75, 3.05) is 30.5 Å². The van der Waals surface area contributed by atoms with Crippen LogP contribution in [-0.2, 0) is 10.8 Å². The molecule has 2 rings (SSSR count). The maximum Gasteiger partial charge on any atom is 0.227 e. The quantitative estimate of drug-likeness (QED) is 0.727. The van der Waals surface area contributed by atoms with E-state index in [1.807, 2.05) is 49.3 Å². The lowest BCUT2D eigenvalue weighted by Crippen LogP contribution is -2.17. The topological polar surface area (TPSA) is 51.0 Å². The molecule has 7 heteroatoms. The van der Waals surface area contributed by atoms with Gasteiger partial charge in [-0.25, -0.2) is 0 Å². The average Bonchev–Trinajstić information content (AvgIpc) is 2.92. The molecule has 22 heavy (non-hydrogen) atoms. The Bertz CT molecular complexity index is 626. The normalized spacial score (nSPS) is 12.6. The molecule has 1 atom stereocenters. The van der Waals surface area contributed by atoms with Crippen molar-refractivity contribution in [2.45, 2.75) is 29.9 Å². The Morgan fingerprint density at radius 2 is 1.91 bits per heavy atom. The molecule has 1 aromatic carbocycles. The number of rotatable bonds is 7. The summed E-state index contributed by atoms with van der Waals surface area (Å²) in [6, 6.07) is 9.86. The molecule has 0 spiro atoms. The Kier molecular flexibility index (Phi) is 6.02. The van der Waals surface area contributed by atoms with E-state index >= 15 is 0 Å². The maximum absolute atomic E-state index is 12.2. The molecule has 2 aromatic rings. The number of thioether (sulfide) groups is 1. The number of nitrogens with zero attached hydrogens (tertiary/aromatic N) is 4. The SMILES string of the molecule is CC(C)n1c(SCC[S@](=O)c2ccccc2)nnc1N(C)C. The zero-order valence-electron chi connectivity index (χ0n) is 13.4. The lowest BCUT2D eigenvalue weighted by molar-refractivity contribution is 0.549. The zero-order valence-corrected chi connectivity index (χ0v) is 15.0. The van der Waals surface area contributed by atoms with Gasteiger partial charge in [-0.2, -0.15) is 0 Å². The molecule has 0 saturated heterocycles. The van der Waals surface area contributed by atoms with Crippen LogP contribution < -0.4 is 4.90 Å². The number of benzene rings is 1. The monoisotopic (exact) mass is 338 g/mol. The fourth-order valence-electron chi connectivity index (χ4n) is 2.02. The molecule has 0 N–H and O–H groups in total. The number of hydrogen-bond donors (Lipinski definition) is 0. The highest BCUT2D eigenvalue weighted by molar-refractivity contribution is 8.00. The van der Waals surface area contributed by atoms with Gasteiger partial charge in [0.2, 0.25) is 5.95 Å². The van der Waals surface area contributed by atoms with E-state index in [9.17, 15) is 4.21 Å². The summed E-state index contributed by atoms with van der Waals surface area (Å²) < 4.78 is 14.3. The van der Waals surface area contributed by atoms with Crippen LogP contribution in [0.4, 0.5) is 5.95 Å². The summed E-state index contributed by atoms with van der Waals surface area (Å²) in [5, 5.41) is 9.38. The van der Waals surface area contributed by atoms with Gasteiger partial charge >= 0.3 is 0 Å². The minimum atomic E-state index is -0.965. The molecule has 0 fully saturated rings. The fourth-order valence-corrected chi connectivity index (χ4v) is 4.37. The number of hydrogen-bond acceptors (Lipinski definition) is 5. The summed E-state index contributed by atoms with van der Waals surface area (Å²) in [7, 11) is 2.96. The Labute approximate surface area is 138 Å². The summed E-state index contributed by atoms with van der Waals surface area (Å²) in [5.74, 6) is 2.21. The van der Waals surface area contributed by atoms with Crippen molar-refractivity contribution < 1.29 is 4.21 Å². The fraction of sp³-hybridized carbons (Fsp3) is 0.467. The van der Waals surface area contributed by atoms with Crippen molar-refractivity contribution in [2.24, 2.45) is 0 Å². The molecule has 0 bridgehead atoms. The van der Waals surface area contributed by atoms with Crippen LogP contribution in [0.5, 0.6) is 0 Å². The van der Waals surface area contributed by atoms with Gasteiger partial charge in [-0.3, -0.25) is 8.78 Å². The van der Waals surface area contributed by atoms with Crippen LogP contribution in [0.1, 0.15) is 19.9 Å². The smallest absolute Gasteiger partial charge is 0.227 e. The van der Waals surface area contributed by atoms with E-state index in [4.69, 9.17) is 0 Å². The van der Waals surface area contributed by atoms with Crippen LogP contribution in [0.2, 0.25) is 0 Å². The van der Waals surface area contributed by atoms with E-state index in [1.54, 1.807) is 11.8 Å². The second-order valence-corrected chi connectivity index (χ2v) is 7.98. The van der Waals surface area contributed by atoms with Gasteiger partial charge in [-0.1, -0.05) is 30.0 Å². The molecular formula is C15H22N4OS2. The number of aromatic nitrogens is 3. The summed E-state index contributed by atoms with van der Waals surface area (Å²) in [4.78, 5) is 2.83. The van der Waals surface area contributed by atoms with Crippen LogP contribution in [0, 0.1) is 0 Å².